The zero-order valence-corrected chi connectivity index (χ0v) is 17.8. The van der Waals surface area contributed by atoms with Gasteiger partial charge in [-0.15, -0.1) is 0 Å². The minimum absolute atomic E-state index is 0.158. The molecule has 131 valence electrons. The topological polar surface area (TPSA) is 20.2 Å². The van der Waals surface area contributed by atoms with Crippen molar-refractivity contribution < 1.29 is 5.11 Å². The lowest BCUT2D eigenvalue weighted by Gasteiger charge is -2.34. The van der Waals surface area contributed by atoms with Gasteiger partial charge in [0.25, 0.3) is 0 Å². The van der Waals surface area contributed by atoms with Gasteiger partial charge in [-0.1, -0.05) is 93.6 Å². The Morgan fingerprint density at radius 3 is 1.88 bits per heavy atom. The molecular weight excluding hydrogens is 400 g/mol. The van der Waals surface area contributed by atoms with Gasteiger partial charge in [-0.25, -0.2) is 0 Å². The van der Waals surface area contributed by atoms with Crippen molar-refractivity contribution in [2.24, 2.45) is 0 Å². The fourth-order valence-electron chi connectivity index (χ4n) is 3.29. The van der Waals surface area contributed by atoms with Crippen molar-refractivity contribution in [3.05, 3.63) is 94.0 Å². The van der Waals surface area contributed by atoms with Crippen molar-refractivity contribution in [2.45, 2.75) is 31.4 Å². The Hall–Kier alpha value is -1.68. The Balaban J connectivity index is 2.26. The molecule has 0 saturated heterocycles. The van der Waals surface area contributed by atoms with Crippen LogP contribution in [0.25, 0.3) is 11.1 Å². The van der Waals surface area contributed by atoms with Gasteiger partial charge in [-0.3, -0.25) is 0 Å². The van der Waals surface area contributed by atoms with Crippen molar-refractivity contribution in [3.8, 4) is 11.1 Å². The number of aliphatic hydroxyl groups is 1. The summed E-state index contributed by atoms with van der Waals surface area (Å²) >= 11 is 3.84. The van der Waals surface area contributed by atoms with E-state index in [0.717, 1.165) is 32.3 Å². The summed E-state index contributed by atoms with van der Waals surface area (Å²) in [7, 11) is 3.65. The van der Waals surface area contributed by atoms with Crippen LogP contribution in [0.4, 0.5) is 0 Å². The van der Waals surface area contributed by atoms with Crippen LogP contribution in [0.15, 0.2) is 77.3 Å². The molecule has 3 radical (unpaired) electrons. The summed E-state index contributed by atoms with van der Waals surface area (Å²) in [4.78, 5) is 0. The van der Waals surface area contributed by atoms with Gasteiger partial charge >= 0.3 is 0 Å². The molecule has 1 unspecified atom stereocenters. The largest absolute Gasteiger partial charge is 0.385 e. The maximum atomic E-state index is 11.4. The molecule has 1 nitrogen and oxygen atoms in total. The van der Waals surface area contributed by atoms with Gasteiger partial charge in [0.05, 0.1) is 15.5 Å². The molecule has 0 fully saturated rings. The fraction of sp³-hybridized carbons (Fsp3) is 0.217. The average Bonchev–Trinajstić information content (AvgIpc) is 2.62. The summed E-state index contributed by atoms with van der Waals surface area (Å²) in [5.74, 6) is 0. The van der Waals surface area contributed by atoms with Gasteiger partial charge in [0, 0.05) is 4.47 Å². The number of halogens is 1. The second kappa shape index (κ2) is 7.14. The van der Waals surface area contributed by atoms with Crippen molar-refractivity contribution >= 4 is 26.2 Å². The van der Waals surface area contributed by atoms with E-state index in [1.165, 1.54) is 0 Å². The number of hydrogen-bond donors (Lipinski definition) is 1. The smallest absolute Gasteiger partial charge is 0.0956 e. The molecule has 3 aromatic rings. The van der Waals surface area contributed by atoms with Crippen LogP contribution in [0.2, 0.25) is 0 Å². The molecule has 3 rings (SSSR count). The summed E-state index contributed by atoms with van der Waals surface area (Å²) in [5, 5.41) is 10.1. The highest BCUT2D eigenvalue weighted by Crippen LogP contribution is 2.43. The Morgan fingerprint density at radius 2 is 1.35 bits per heavy atom. The van der Waals surface area contributed by atoms with Crippen molar-refractivity contribution in [1.29, 1.82) is 0 Å². The maximum Gasteiger partial charge on any atom is 0.0956 e. The Bertz CT molecular complexity index is 897. The van der Waals surface area contributed by atoms with Crippen LogP contribution in [-0.4, -0.2) is 15.3 Å². The molecule has 0 aromatic heterocycles. The minimum Gasteiger partial charge on any atom is -0.385 e. The van der Waals surface area contributed by atoms with Crippen LogP contribution in [-0.2, 0) is 10.6 Å². The third-order valence-corrected chi connectivity index (χ3v) is 5.94. The maximum absolute atomic E-state index is 11.4. The average molecular weight is 422 g/mol. The minimum atomic E-state index is -1.26. The van der Waals surface area contributed by atoms with Gasteiger partial charge in [-0.2, -0.15) is 0 Å². The van der Waals surface area contributed by atoms with E-state index in [0.29, 0.717) is 0 Å². The molecule has 0 bridgehead atoms. The SMILES string of the molecule is CC(C)(C)c1c(C(O)([Si])c2ccccc2)ccc(-c2ccccc2)c1Br. The Kier molecular flexibility index (Phi) is 5.25. The summed E-state index contributed by atoms with van der Waals surface area (Å²) in [6, 6.07) is 24.1. The highest BCUT2D eigenvalue weighted by molar-refractivity contribution is 9.10. The summed E-state index contributed by atoms with van der Waals surface area (Å²) in [5.41, 5.74) is 4.85. The third-order valence-electron chi connectivity index (χ3n) is 4.56. The first-order chi connectivity index (χ1) is 12.2. The van der Waals surface area contributed by atoms with Crippen molar-refractivity contribution in [2.75, 3.05) is 0 Å². The molecule has 0 heterocycles. The van der Waals surface area contributed by atoms with E-state index in [1.54, 1.807) is 0 Å². The number of hydrogen-bond acceptors (Lipinski definition) is 1. The summed E-state index contributed by atoms with van der Waals surface area (Å²) in [6.45, 7) is 6.50. The van der Waals surface area contributed by atoms with Crippen LogP contribution in [0, 0.1) is 0 Å². The molecule has 0 amide bonds. The Labute approximate surface area is 167 Å². The molecule has 1 N–H and O–H groups in total. The normalized spacial score (nSPS) is 14.1. The van der Waals surface area contributed by atoms with E-state index >= 15 is 0 Å². The van der Waals surface area contributed by atoms with Gasteiger partial charge in [0.1, 0.15) is 0 Å². The predicted octanol–water partition coefficient (Wildman–Crippen LogP) is 5.78. The van der Waals surface area contributed by atoms with Gasteiger partial charge in [0.15, 0.2) is 0 Å². The van der Waals surface area contributed by atoms with Crippen LogP contribution >= 0.6 is 15.9 Å². The lowest BCUT2D eigenvalue weighted by atomic mass is 9.79. The zero-order valence-electron chi connectivity index (χ0n) is 15.3. The molecule has 0 aliphatic rings. The van der Waals surface area contributed by atoms with E-state index in [-0.39, 0.29) is 5.41 Å². The standard InChI is InChI=1S/C23H22BrOSi/c1-22(2,3)20-19(23(25,26)17-12-8-5-9-13-17)15-14-18(21(20)24)16-10-6-4-7-11-16/h4-15,25H,1-3H3. The third kappa shape index (κ3) is 3.57. The lowest BCUT2D eigenvalue weighted by molar-refractivity contribution is 0.169. The van der Waals surface area contributed by atoms with Crippen molar-refractivity contribution in [3.63, 3.8) is 0 Å². The van der Waals surface area contributed by atoms with E-state index in [2.05, 4.69) is 65.1 Å². The molecule has 1 atom stereocenters. The van der Waals surface area contributed by atoms with Gasteiger partial charge in [0.2, 0.25) is 0 Å². The zero-order chi connectivity index (χ0) is 18.9. The van der Waals surface area contributed by atoms with E-state index in [1.807, 2.05) is 54.6 Å². The van der Waals surface area contributed by atoms with E-state index in [9.17, 15) is 5.11 Å². The quantitative estimate of drug-likeness (QED) is 0.531. The van der Waals surface area contributed by atoms with E-state index in [4.69, 9.17) is 0 Å². The molecule has 26 heavy (non-hydrogen) atoms. The molecule has 0 aliphatic carbocycles. The molecule has 0 saturated carbocycles. The van der Waals surface area contributed by atoms with E-state index < -0.39 is 5.22 Å². The number of rotatable bonds is 3. The van der Waals surface area contributed by atoms with Crippen LogP contribution in [0.5, 0.6) is 0 Å². The Morgan fingerprint density at radius 1 is 0.808 bits per heavy atom. The highest BCUT2D eigenvalue weighted by Gasteiger charge is 2.34. The van der Waals surface area contributed by atoms with Crippen LogP contribution in [0.1, 0.15) is 37.5 Å². The first-order valence-electron chi connectivity index (χ1n) is 8.64. The number of benzene rings is 3. The van der Waals surface area contributed by atoms with Crippen LogP contribution < -0.4 is 0 Å². The molecule has 3 heteroatoms. The molecule has 0 spiro atoms. The first kappa shape index (κ1) is 19.1. The van der Waals surface area contributed by atoms with Crippen LogP contribution in [0.3, 0.4) is 0 Å². The first-order valence-corrected chi connectivity index (χ1v) is 9.94. The second-order valence-electron chi connectivity index (χ2n) is 7.54. The summed E-state index contributed by atoms with van der Waals surface area (Å²) < 4.78 is 1.02. The molecular formula is C23H22BrOSi. The highest BCUT2D eigenvalue weighted by atomic mass is 79.9. The van der Waals surface area contributed by atoms with Crippen molar-refractivity contribution in [1.82, 2.24) is 0 Å². The predicted molar refractivity (Wildman–Crippen MR) is 113 cm³/mol. The molecule has 3 aromatic carbocycles. The van der Waals surface area contributed by atoms with Gasteiger partial charge < -0.3 is 5.11 Å². The van der Waals surface area contributed by atoms with Gasteiger partial charge in [-0.05, 0) is 49.2 Å². The molecule has 0 aliphatic heterocycles. The fourth-order valence-corrected chi connectivity index (χ4v) is 4.83. The monoisotopic (exact) mass is 421 g/mol. The summed E-state index contributed by atoms with van der Waals surface area (Å²) in [6.07, 6.45) is 0. The lowest BCUT2D eigenvalue weighted by Crippen LogP contribution is -2.32. The second-order valence-corrected chi connectivity index (χ2v) is 9.06.